The van der Waals surface area contributed by atoms with Gasteiger partial charge in [0.25, 0.3) is 0 Å². The molecule has 0 spiro atoms. The van der Waals surface area contributed by atoms with Gasteiger partial charge >= 0.3 is 0 Å². The lowest BCUT2D eigenvalue weighted by Gasteiger charge is -2.23. The van der Waals surface area contributed by atoms with Crippen molar-refractivity contribution in [1.82, 2.24) is 5.32 Å². The summed E-state index contributed by atoms with van der Waals surface area (Å²) >= 11 is 3.49. The first-order valence-electron chi connectivity index (χ1n) is 6.14. The Morgan fingerprint density at radius 3 is 2.58 bits per heavy atom. The molecule has 19 heavy (non-hydrogen) atoms. The molecule has 0 aliphatic rings. The van der Waals surface area contributed by atoms with E-state index < -0.39 is 0 Å². The Hall–Kier alpha value is -0.300. The van der Waals surface area contributed by atoms with Crippen molar-refractivity contribution in [3.8, 4) is 0 Å². The minimum Gasteiger partial charge on any atom is -0.370 e. The van der Waals surface area contributed by atoms with Crippen molar-refractivity contribution >= 4 is 45.9 Å². The maximum Gasteiger partial charge on any atom is 0.188 e. The van der Waals surface area contributed by atoms with Crippen molar-refractivity contribution in [2.24, 2.45) is 10.7 Å². The molecule has 0 saturated heterocycles. The average Bonchev–Trinajstić information content (AvgIpc) is 2.26. The highest BCUT2D eigenvalue weighted by atomic mass is 127. The van der Waals surface area contributed by atoms with Crippen molar-refractivity contribution in [3.63, 3.8) is 0 Å². The Kier molecular flexibility index (Phi) is 7.96. The van der Waals surface area contributed by atoms with E-state index in [2.05, 4.69) is 52.2 Å². The molecule has 3 nitrogen and oxygen atoms in total. The van der Waals surface area contributed by atoms with E-state index in [9.17, 15) is 0 Å². The first-order chi connectivity index (χ1) is 8.31. The van der Waals surface area contributed by atoms with Crippen LogP contribution in [0.5, 0.6) is 0 Å². The number of nitrogens with one attached hydrogen (secondary N) is 1. The summed E-state index contributed by atoms with van der Waals surface area (Å²) in [4.78, 5) is 4.41. The summed E-state index contributed by atoms with van der Waals surface area (Å²) in [7, 11) is 0. The highest BCUT2D eigenvalue weighted by Gasteiger charge is 2.20. The molecule has 0 heterocycles. The number of aliphatic imine (C=N–C) groups is 1. The van der Waals surface area contributed by atoms with Crippen LogP contribution < -0.4 is 11.1 Å². The quantitative estimate of drug-likeness (QED) is 0.427. The van der Waals surface area contributed by atoms with Crippen LogP contribution in [-0.2, 0) is 5.41 Å². The molecule has 0 unspecified atom stereocenters. The van der Waals surface area contributed by atoms with Crippen molar-refractivity contribution in [1.29, 1.82) is 0 Å². The molecule has 5 heteroatoms. The fourth-order valence-corrected chi connectivity index (χ4v) is 2.02. The summed E-state index contributed by atoms with van der Waals surface area (Å²) in [6.07, 6.45) is 0. The zero-order valence-electron chi connectivity index (χ0n) is 11.9. The minimum atomic E-state index is -0.0347. The monoisotopic (exact) mass is 439 g/mol. The number of hydrogen-bond donors (Lipinski definition) is 2. The van der Waals surface area contributed by atoms with Crippen LogP contribution in [0.1, 0.15) is 33.3 Å². The standard InChI is InChI=1S/C14H22BrN3.HI/c1-10(2)18-13(16)17-9-14(3,4)11-6-5-7-12(15)8-11;/h5-8,10H,9H2,1-4H3,(H3,16,17,18);1H. The fourth-order valence-electron chi connectivity index (χ4n) is 1.62. The molecule has 0 amide bonds. The fraction of sp³-hybridized carbons (Fsp3) is 0.500. The smallest absolute Gasteiger partial charge is 0.188 e. The van der Waals surface area contributed by atoms with E-state index in [0.717, 1.165) is 4.47 Å². The third kappa shape index (κ3) is 6.61. The zero-order chi connectivity index (χ0) is 13.8. The molecule has 1 rings (SSSR count). The Bertz CT molecular complexity index is 430. The SMILES string of the molecule is CC(C)NC(N)=NCC(C)(C)c1cccc(Br)c1.I. The number of benzene rings is 1. The van der Waals surface area contributed by atoms with Gasteiger partial charge in [0.2, 0.25) is 0 Å². The van der Waals surface area contributed by atoms with Gasteiger partial charge in [-0.3, -0.25) is 4.99 Å². The van der Waals surface area contributed by atoms with Crippen LogP contribution in [0.15, 0.2) is 33.7 Å². The second-order valence-electron chi connectivity index (χ2n) is 5.39. The first-order valence-corrected chi connectivity index (χ1v) is 6.93. The van der Waals surface area contributed by atoms with Gasteiger partial charge in [0.05, 0.1) is 6.54 Å². The molecular formula is C14H23BrIN3. The Labute approximate surface area is 141 Å². The van der Waals surface area contributed by atoms with Crippen LogP contribution in [0.4, 0.5) is 0 Å². The highest BCUT2D eigenvalue weighted by molar-refractivity contribution is 14.0. The summed E-state index contributed by atoms with van der Waals surface area (Å²) in [5.74, 6) is 0.507. The molecule has 0 aromatic heterocycles. The second-order valence-corrected chi connectivity index (χ2v) is 6.31. The minimum absolute atomic E-state index is 0. The number of halogens is 2. The summed E-state index contributed by atoms with van der Waals surface area (Å²) in [5, 5.41) is 3.10. The van der Waals surface area contributed by atoms with Gasteiger partial charge in [-0.1, -0.05) is 41.9 Å². The van der Waals surface area contributed by atoms with E-state index in [4.69, 9.17) is 5.73 Å². The van der Waals surface area contributed by atoms with Crippen molar-refractivity contribution in [3.05, 3.63) is 34.3 Å². The second kappa shape index (κ2) is 8.09. The third-order valence-electron chi connectivity index (χ3n) is 2.69. The molecule has 0 atom stereocenters. The van der Waals surface area contributed by atoms with E-state index in [0.29, 0.717) is 18.5 Å². The molecule has 0 saturated carbocycles. The van der Waals surface area contributed by atoms with Gasteiger partial charge in [0.1, 0.15) is 0 Å². The van der Waals surface area contributed by atoms with Crippen molar-refractivity contribution in [2.45, 2.75) is 39.2 Å². The summed E-state index contributed by atoms with van der Waals surface area (Å²) in [6.45, 7) is 9.08. The van der Waals surface area contributed by atoms with Gasteiger partial charge < -0.3 is 11.1 Å². The van der Waals surface area contributed by atoms with Crippen LogP contribution in [0, 0.1) is 0 Å². The molecule has 1 aromatic rings. The number of nitrogens with zero attached hydrogens (tertiary/aromatic N) is 1. The van der Waals surface area contributed by atoms with E-state index >= 15 is 0 Å². The summed E-state index contributed by atoms with van der Waals surface area (Å²) in [5.41, 5.74) is 7.03. The predicted octanol–water partition coefficient (Wildman–Crippen LogP) is 3.66. The van der Waals surface area contributed by atoms with E-state index in [1.165, 1.54) is 5.56 Å². The van der Waals surface area contributed by atoms with Crippen LogP contribution in [-0.4, -0.2) is 18.5 Å². The van der Waals surface area contributed by atoms with Gasteiger partial charge in [-0.25, -0.2) is 0 Å². The summed E-state index contributed by atoms with van der Waals surface area (Å²) < 4.78 is 1.09. The maximum atomic E-state index is 5.82. The largest absolute Gasteiger partial charge is 0.370 e. The summed E-state index contributed by atoms with van der Waals surface area (Å²) in [6, 6.07) is 8.62. The molecule has 108 valence electrons. The number of nitrogens with two attached hydrogens (primary N) is 1. The van der Waals surface area contributed by atoms with Crippen LogP contribution in [0.2, 0.25) is 0 Å². The average molecular weight is 440 g/mol. The lowest BCUT2D eigenvalue weighted by Crippen LogP contribution is -2.38. The maximum absolute atomic E-state index is 5.82. The Balaban J connectivity index is 0.00000324. The lowest BCUT2D eigenvalue weighted by atomic mass is 9.85. The number of hydrogen-bond acceptors (Lipinski definition) is 1. The van der Waals surface area contributed by atoms with E-state index in [1.54, 1.807) is 0 Å². The third-order valence-corrected chi connectivity index (χ3v) is 3.18. The molecule has 0 aliphatic heterocycles. The Morgan fingerprint density at radius 2 is 2.05 bits per heavy atom. The van der Waals surface area contributed by atoms with Gasteiger partial charge in [0, 0.05) is 15.9 Å². The topological polar surface area (TPSA) is 50.4 Å². The predicted molar refractivity (Wildman–Crippen MR) is 97.3 cm³/mol. The molecule has 1 aromatic carbocycles. The van der Waals surface area contributed by atoms with Crippen LogP contribution in [0.3, 0.4) is 0 Å². The van der Waals surface area contributed by atoms with Crippen molar-refractivity contribution in [2.75, 3.05) is 6.54 Å². The van der Waals surface area contributed by atoms with Crippen LogP contribution in [0.25, 0.3) is 0 Å². The molecule has 0 fully saturated rings. The highest BCUT2D eigenvalue weighted by Crippen LogP contribution is 2.25. The molecule has 0 aliphatic carbocycles. The number of rotatable bonds is 4. The van der Waals surface area contributed by atoms with Gasteiger partial charge in [0.15, 0.2) is 5.96 Å². The zero-order valence-corrected chi connectivity index (χ0v) is 15.8. The Morgan fingerprint density at radius 1 is 1.42 bits per heavy atom. The van der Waals surface area contributed by atoms with Gasteiger partial charge in [-0.15, -0.1) is 24.0 Å². The molecule has 3 N–H and O–H groups in total. The van der Waals surface area contributed by atoms with E-state index in [1.807, 2.05) is 26.0 Å². The molecular weight excluding hydrogens is 417 g/mol. The van der Waals surface area contributed by atoms with Crippen LogP contribution >= 0.6 is 39.9 Å². The van der Waals surface area contributed by atoms with Crippen molar-refractivity contribution < 1.29 is 0 Å². The first kappa shape index (κ1) is 18.7. The molecule has 0 radical (unpaired) electrons. The number of guanidine groups is 1. The van der Waals surface area contributed by atoms with E-state index in [-0.39, 0.29) is 29.4 Å². The van der Waals surface area contributed by atoms with Gasteiger partial charge in [-0.2, -0.15) is 0 Å². The molecule has 0 bridgehead atoms. The lowest BCUT2D eigenvalue weighted by molar-refractivity contribution is 0.537. The normalized spacial score (nSPS) is 12.2. The van der Waals surface area contributed by atoms with Gasteiger partial charge in [-0.05, 0) is 31.5 Å².